The van der Waals surface area contributed by atoms with Crippen molar-refractivity contribution in [2.45, 2.75) is 38.6 Å². The summed E-state index contributed by atoms with van der Waals surface area (Å²) in [7, 11) is 1.58. The molecule has 0 radical (unpaired) electrons. The number of hydrogen-bond acceptors (Lipinski definition) is 3. The molecule has 88 valence electrons. The highest BCUT2D eigenvalue weighted by Gasteiger charge is 2.11. The Morgan fingerprint density at radius 3 is 2.56 bits per heavy atom. The van der Waals surface area contributed by atoms with E-state index >= 15 is 0 Å². The lowest BCUT2D eigenvalue weighted by Gasteiger charge is -2.11. The van der Waals surface area contributed by atoms with Gasteiger partial charge in [-0.3, -0.25) is 0 Å². The molecule has 2 N–H and O–H groups in total. The summed E-state index contributed by atoms with van der Waals surface area (Å²) in [6.07, 6.45) is 6.02. The van der Waals surface area contributed by atoms with Gasteiger partial charge >= 0.3 is 0 Å². The number of phenolic OH excluding ortho intramolecular Hbond substituents is 1. The molecule has 0 amide bonds. The third kappa shape index (κ3) is 2.54. The minimum atomic E-state index is 0.380. The zero-order chi connectivity index (χ0) is 11.4. The average Bonchev–Trinajstić information content (AvgIpc) is 2.50. The van der Waals surface area contributed by atoms with Crippen LogP contribution in [0, 0.1) is 0 Å². The fourth-order valence-corrected chi connectivity index (χ4v) is 2.29. The average molecular weight is 221 g/mol. The SMILES string of the molecule is CONCc1cc2c(cc1O)CCCCC2. The Morgan fingerprint density at radius 1 is 1.19 bits per heavy atom. The van der Waals surface area contributed by atoms with Crippen molar-refractivity contribution in [2.75, 3.05) is 7.11 Å². The van der Waals surface area contributed by atoms with Crippen LogP contribution in [0.2, 0.25) is 0 Å². The number of benzene rings is 1. The van der Waals surface area contributed by atoms with Crippen molar-refractivity contribution in [3.05, 3.63) is 28.8 Å². The number of phenols is 1. The molecule has 16 heavy (non-hydrogen) atoms. The van der Waals surface area contributed by atoms with Crippen LogP contribution in [-0.4, -0.2) is 12.2 Å². The van der Waals surface area contributed by atoms with Crippen LogP contribution in [0.4, 0.5) is 0 Å². The minimum absolute atomic E-state index is 0.380. The van der Waals surface area contributed by atoms with Gasteiger partial charge in [-0.1, -0.05) is 12.5 Å². The van der Waals surface area contributed by atoms with Crippen LogP contribution in [0.25, 0.3) is 0 Å². The molecule has 3 heteroatoms. The van der Waals surface area contributed by atoms with Gasteiger partial charge in [0, 0.05) is 12.1 Å². The molecule has 0 heterocycles. The molecule has 0 saturated carbocycles. The summed E-state index contributed by atoms with van der Waals surface area (Å²) >= 11 is 0. The van der Waals surface area contributed by atoms with Gasteiger partial charge in [0.05, 0.1) is 7.11 Å². The van der Waals surface area contributed by atoms with Crippen LogP contribution in [-0.2, 0) is 24.2 Å². The largest absolute Gasteiger partial charge is 0.508 e. The van der Waals surface area contributed by atoms with Gasteiger partial charge in [-0.15, -0.1) is 0 Å². The molecule has 1 aromatic carbocycles. The molecule has 0 fully saturated rings. The number of fused-ring (bicyclic) bond motifs is 1. The topological polar surface area (TPSA) is 41.5 Å². The van der Waals surface area contributed by atoms with Crippen LogP contribution in [0.3, 0.4) is 0 Å². The predicted octanol–water partition coefficient (Wildman–Crippen LogP) is 2.31. The molecule has 0 spiro atoms. The second-order valence-electron chi connectivity index (χ2n) is 4.34. The first-order valence-corrected chi connectivity index (χ1v) is 5.90. The zero-order valence-corrected chi connectivity index (χ0v) is 9.75. The molecule has 1 aliphatic rings. The normalized spacial score (nSPS) is 15.6. The maximum absolute atomic E-state index is 9.89. The van der Waals surface area contributed by atoms with Gasteiger partial charge in [0.15, 0.2) is 0 Å². The number of rotatable bonds is 3. The lowest BCUT2D eigenvalue weighted by molar-refractivity contribution is 0.0861. The van der Waals surface area contributed by atoms with Crippen molar-refractivity contribution in [3.8, 4) is 5.75 Å². The molecule has 1 aliphatic carbocycles. The number of hydrogen-bond donors (Lipinski definition) is 2. The van der Waals surface area contributed by atoms with E-state index in [9.17, 15) is 5.11 Å². The standard InChI is InChI=1S/C13H19NO2/c1-16-14-9-12-7-10-5-3-2-4-6-11(10)8-13(12)15/h7-8,14-15H,2-6,9H2,1H3. The van der Waals surface area contributed by atoms with Crippen molar-refractivity contribution in [2.24, 2.45) is 0 Å². The fraction of sp³-hybridized carbons (Fsp3) is 0.538. The van der Waals surface area contributed by atoms with Gasteiger partial charge in [0.1, 0.15) is 5.75 Å². The van der Waals surface area contributed by atoms with Gasteiger partial charge in [0.25, 0.3) is 0 Å². The van der Waals surface area contributed by atoms with Crippen LogP contribution >= 0.6 is 0 Å². The maximum Gasteiger partial charge on any atom is 0.120 e. The molecule has 0 unspecified atom stereocenters. The van der Waals surface area contributed by atoms with E-state index in [1.165, 1.54) is 30.4 Å². The molecule has 0 bridgehead atoms. The highest BCUT2D eigenvalue weighted by Crippen LogP contribution is 2.27. The van der Waals surface area contributed by atoms with Gasteiger partial charge < -0.3 is 9.94 Å². The summed E-state index contributed by atoms with van der Waals surface area (Å²) in [5.41, 5.74) is 6.39. The van der Waals surface area contributed by atoms with E-state index in [1.807, 2.05) is 6.07 Å². The molecular formula is C13H19NO2. The Hall–Kier alpha value is -1.06. The van der Waals surface area contributed by atoms with Crippen molar-refractivity contribution < 1.29 is 9.94 Å². The summed E-state index contributed by atoms with van der Waals surface area (Å²) in [5.74, 6) is 0.380. The molecule has 0 saturated heterocycles. The molecule has 3 nitrogen and oxygen atoms in total. The smallest absolute Gasteiger partial charge is 0.120 e. The van der Waals surface area contributed by atoms with Gasteiger partial charge in [-0.05, 0) is 42.9 Å². The first-order chi connectivity index (χ1) is 7.81. The van der Waals surface area contributed by atoms with E-state index in [0.717, 1.165) is 18.4 Å². The second kappa shape index (κ2) is 5.32. The van der Waals surface area contributed by atoms with Gasteiger partial charge in [-0.2, -0.15) is 5.48 Å². The third-order valence-electron chi connectivity index (χ3n) is 3.20. The highest BCUT2D eigenvalue weighted by atomic mass is 16.6. The maximum atomic E-state index is 9.89. The van der Waals surface area contributed by atoms with Crippen LogP contribution in [0.15, 0.2) is 12.1 Å². The quantitative estimate of drug-likeness (QED) is 0.608. The van der Waals surface area contributed by atoms with E-state index in [4.69, 9.17) is 4.84 Å². The number of nitrogens with one attached hydrogen (secondary N) is 1. The summed E-state index contributed by atoms with van der Waals surface area (Å²) in [6, 6.07) is 4.04. The van der Waals surface area contributed by atoms with Crippen molar-refractivity contribution in [3.63, 3.8) is 0 Å². The summed E-state index contributed by atoms with van der Waals surface area (Å²) < 4.78 is 0. The first-order valence-electron chi connectivity index (χ1n) is 5.90. The summed E-state index contributed by atoms with van der Waals surface area (Å²) in [6.45, 7) is 0.551. The Bertz CT molecular complexity index is 363. The zero-order valence-electron chi connectivity index (χ0n) is 9.75. The Kier molecular flexibility index (Phi) is 3.80. The minimum Gasteiger partial charge on any atom is -0.508 e. The van der Waals surface area contributed by atoms with Crippen LogP contribution < -0.4 is 5.48 Å². The third-order valence-corrected chi connectivity index (χ3v) is 3.20. The lowest BCUT2D eigenvalue weighted by Crippen LogP contribution is -2.11. The number of aryl methyl sites for hydroxylation is 2. The van der Waals surface area contributed by atoms with E-state index in [0.29, 0.717) is 12.3 Å². The lowest BCUT2D eigenvalue weighted by atomic mass is 9.99. The van der Waals surface area contributed by atoms with E-state index in [1.54, 1.807) is 7.11 Å². The molecule has 2 rings (SSSR count). The molecule has 0 atom stereocenters. The molecule has 0 aromatic heterocycles. The van der Waals surface area contributed by atoms with Crippen molar-refractivity contribution >= 4 is 0 Å². The molecular weight excluding hydrogens is 202 g/mol. The van der Waals surface area contributed by atoms with Gasteiger partial charge in [-0.25, -0.2) is 0 Å². The van der Waals surface area contributed by atoms with E-state index in [-0.39, 0.29) is 0 Å². The van der Waals surface area contributed by atoms with E-state index in [2.05, 4.69) is 11.5 Å². The fourth-order valence-electron chi connectivity index (χ4n) is 2.29. The van der Waals surface area contributed by atoms with E-state index < -0.39 is 0 Å². The van der Waals surface area contributed by atoms with Crippen molar-refractivity contribution in [1.29, 1.82) is 0 Å². The molecule has 1 aromatic rings. The monoisotopic (exact) mass is 221 g/mol. The van der Waals surface area contributed by atoms with Crippen LogP contribution in [0.5, 0.6) is 5.75 Å². The Balaban J connectivity index is 2.24. The number of hydroxylamine groups is 1. The van der Waals surface area contributed by atoms with Crippen molar-refractivity contribution in [1.82, 2.24) is 5.48 Å². The summed E-state index contributed by atoms with van der Waals surface area (Å²) in [4.78, 5) is 4.81. The molecule has 0 aliphatic heterocycles. The predicted molar refractivity (Wildman–Crippen MR) is 63.2 cm³/mol. The second-order valence-corrected chi connectivity index (χ2v) is 4.34. The van der Waals surface area contributed by atoms with Gasteiger partial charge in [0.2, 0.25) is 0 Å². The number of aromatic hydroxyl groups is 1. The first kappa shape index (κ1) is 11.4. The highest BCUT2D eigenvalue weighted by molar-refractivity contribution is 5.42. The van der Waals surface area contributed by atoms with Crippen LogP contribution in [0.1, 0.15) is 36.0 Å². The Labute approximate surface area is 96.4 Å². The Morgan fingerprint density at radius 2 is 1.88 bits per heavy atom. The summed E-state index contributed by atoms with van der Waals surface area (Å²) in [5, 5.41) is 9.89.